The van der Waals surface area contributed by atoms with Crippen LogP contribution in [0.1, 0.15) is 49.7 Å². The lowest BCUT2D eigenvalue weighted by Gasteiger charge is -2.37. The molecule has 4 rings (SSSR count). The molecular formula is C27H30F4OS2. The van der Waals surface area contributed by atoms with E-state index in [9.17, 15) is 8.78 Å². The molecule has 34 heavy (non-hydrogen) atoms. The number of thioether (sulfide) groups is 2. The summed E-state index contributed by atoms with van der Waals surface area (Å²) in [5.41, 5.74) is -0.331. The van der Waals surface area contributed by atoms with E-state index in [0.29, 0.717) is 17.8 Å². The summed E-state index contributed by atoms with van der Waals surface area (Å²) in [6.45, 7) is 3.89. The average molecular weight is 511 g/mol. The molecule has 0 aromatic heterocycles. The molecule has 2 fully saturated rings. The van der Waals surface area contributed by atoms with Gasteiger partial charge in [-0.05, 0) is 80.9 Å². The van der Waals surface area contributed by atoms with Crippen molar-refractivity contribution < 1.29 is 22.3 Å². The van der Waals surface area contributed by atoms with Crippen molar-refractivity contribution in [3.05, 3.63) is 65.2 Å². The third-order valence-electron chi connectivity index (χ3n) is 6.87. The van der Waals surface area contributed by atoms with Gasteiger partial charge in [-0.25, -0.2) is 13.2 Å². The molecule has 1 aliphatic heterocycles. The van der Waals surface area contributed by atoms with Gasteiger partial charge < -0.3 is 4.74 Å². The summed E-state index contributed by atoms with van der Waals surface area (Å²) < 4.78 is 63.8. The summed E-state index contributed by atoms with van der Waals surface area (Å²) in [6, 6.07) is 5.32. The molecule has 0 N–H and O–H groups in total. The Morgan fingerprint density at radius 3 is 2.06 bits per heavy atom. The zero-order chi connectivity index (χ0) is 24.2. The molecule has 2 aromatic carbocycles. The highest BCUT2D eigenvalue weighted by Gasteiger charge is 2.33. The first-order valence-electron chi connectivity index (χ1n) is 11.9. The summed E-state index contributed by atoms with van der Waals surface area (Å²) in [5, 5.41) is 0. The molecule has 2 aliphatic rings. The summed E-state index contributed by atoms with van der Waals surface area (Å²) in [6.07, 6.45) is 9.37. The minimum atomic E-state index is -1.24. The van der Waals surface area contributed by atoms with E-state index in [1.54, 1.807) is 30.4 Å². The predicted molar refractivity (Wildman–Crippen MR) is 134 cm³/mol. The first-order valence-corrected chi connectivity index (χ1v) is 14.0. The molecule has 7 heteroatoms. The van der Waals surface area contributed by atoms with E-state index in [1.165, 1.54) is 49.9 Å². The molecule has 0 spiro atoms. The average Bonchev–Trinajstić information content (AvgIpc) is 2.85. The molecule has 184 valence electrons. The van der Waals surface area contributed by atoms with Crippen LogP contribution in [0, 0.1) is 41.0 Å². The van der Waals surface area contributed by atoms with Gasteiger partial charge in [0, 0.05) is 16.7 Å². The quantitative estimate of drug-likeness (QED) is 0.284. The Balaban J connectivity index is 1.45. The van der Waals surface area contributed by atoms with Crippen LogP contribution in [-0.4, -0.2) is 18.1 Å². The molecule has 1 aliphatic carbocycles. The van der Waals surface area contributed by atoms with Crippen molar-refractivity contribution in [3.63, 3.8) is 0 Å². The highest BCUT2D eigenvalue weighted by atomic mass is 32.2. The Kier molecular flexibility index (Phi) is 8.57. The number of benzene rings is 2. The van der Waals surface area contributed by atoms with Crippen LogP contribution in [0.5, 0.6) is 5.75 Å². The van der Waals surface area contributed by atoms with Crippen molar-refractivity contribution in [2.75, 3.05) is 18.1 Å². The van der Waals surface area contributed by atoms with Gasteiger partial charge in [0.25, 0.3) is 0 Å². The fraction of sp³-hybridized carbons (Fsp3) is 0.481. The second-order valence-electron chi connectivity index (χ2n) is 8.96. The minimum absolute atomic E-state index is 0.169. The Bertz CT molecular complexity index is 1030. The molecule has 0 unspecified atom stereocenters. The molecule has 1 saturated heterocycles. The Labute approximate surface area is 207 Å². The molecule has 0 bridgehead atoms. The van der Waals surface area contributed by atoms with Gasteiger partial charge in [0.15, 0.2) is 23.2 Å². The molecular weight excluding hydrogens is 480 g/mol. The first kappa shape index (κ1) is 25.5. The van der Waals surface area contributed by atoms with Crippen LogP contribution >= 0.6 is 23.5 Å². The van der Waals surface area contributed by atoms with Crippen LogP contribution < -0.4 is 4.74 Å². The highest BCUT2D eigenvalue weighted by Crippen LogP contribution is 2.50. The van der Waals surface area contributed by atoms with Crippen LogP contribution in [-0.2, 0) is 0 Å². The van der Waals surface area contributed by atoms with Crippen LogP contribution in [0.3, 0.4) is 0 Å². The summed E-state index contributed by atoms with van der Waals surface area (Å²) in [7, 11) is 0. The number of rotatable bonds is 6. The smallest absolute Gasteiger partial charge is 0.201 e. The normalized spacial score (nSPS) is 25.6. The zero-order valence-electron chi connectivity index (χ0n) is 19.5. The van der Waals surface area contributed by atoms with Crippen molar-refractivity contribution in [1.29, 1.82) is 0 Å². The standard InChI is InChI=1S/C27H30F4OS2/c1-3-5-16-6-8-17(9-7-16)18-14-33-27(34-15-18)21-11-10-19(23(28)25(21)30)20-12-13-22(32-4-2)26(31)24(20)29/h3,5,10-13,16-18,27H,4,6-9,14-15H2,1-2H3/b5-3+. The summed E-state index contributed by atoms with van der Waals surface area (Å²) in [5.74, 6) is -0.987. The number of ether oxygens (including phenoxy) is 1. The van der Waals surface area contributed by atoms with E-state index in [0.717, 1.165) is 11.5 Å². The maximum Gasteiger partial charge on any atom is 0.201 e. The molecule has 1 saturated carbocycles. The molecule has 2 aromatic rings. The van der Waals surface area contributed by atoms with Crippen molar-refractivity contribution >= 4 is 23.5 Å². The van der Waals surface area contributed by atoms with Gasteiger partial charge in [-0.2, -0.15) is 4.39 Å². The monoisotopic (exact) mass is 510 g/mol. The maximum atomic E-state index is 15.1. The molecule has 0 atom stereocenters. The fourth-order valence-electron chi connectivity index (χ4n) is 5.01. The van der Waals surface area contributed by atoms with Crippen LogP contribution in [0.4, 0.5) is 17.6 Å². The molecule has 0 radical (unpaired) electrons. The van der Waals surface area contributed by atoms with Gasteiger partial charge >= 0.3 is 0 Å². The Hall–Kier alpha value is -1.60. The van der Waals surface area contributed by atoms with Crippen molar-refractivity contribution in [2.45, 2.75) is 44.1 Å². The topological polar surface area (TPSA) is 9.23 Å². The Morgan fingerprint density at radius 2 is 1.44 bits per heavy atom. The third kappa shape index (κ3) is 5.30. The number of halogens is 4. The van der Waals surface area contributed by atoms with E-state index in [2.05, 4.69) is 19.1 Å². The third-order valence-corrected chi connectivity index (χ3v) is 10.0. The van der Waals surface area contributed by atoms with E-state index >= 15 is 8.78 Å². The lowest BCUT2D eigenvalue weighted by atomic mass is 9.77. The number of hydrogen-bond donors (Lipinski definition) is 0. The number of allylic oxidation sites excluding steroid dienone is 2. The zero-order valence-corrected chi connectivity index (χ0v) is 21.1. The Morgan fingerprint density at radius 1 is 0.824 bits per heavy atom. The maximum absolute atomic E-state index is 15.1. The lowest BCUT2D eigenvalue weighted by molar-refractivity contribution is 0.253. The van der Waals surface area contributed by atoms with Crippen LogP contribution in [0.15, 0.2) is 36.4 Å². The fourth-order valence-corrected chi connectivity index (χ4v) is 8.36. The van der Waals surface area contributed by atoms with Crippen LogP contribution in [0.2, 0.25) is 0 Å². The SMILES string of the molecule is C/C=C/C1CCC(C2CSC(c3ccc(-c4ccc(OCC)c(F)c4F)c(F)c3F)SC2)CC1. The van der Waals surface area contributed by atoms with E-state index in [1.807, 2.05) is 0 Å². The highest BCUT2D eigenvalue weighted by molar-refractivity contribution is 8.16. The largest absolute Gasteiger partial charge is 0.491 e. The predicted octanol–water partition coefficient (Wildman–Crippen LogP) is 8.79. The number of hydrogen-bond acceptors (Lipinski definition) is 3. The van der Waals surface area contributed by atoms with Gasteiger partial charge in [0.05, 0.1) is 11.2 Å². The van der Waals surface area contributed by atoms with E-state index in [-0.39, 0.29) is 33.6 Å². The summed E-state index contributed by atoms with van der Waals surface area (Å²) in [4.78, 5) is 0. The van der Waals surface area contributed by atoms with Crippen LogP contribution in [0.25, 0.3) is 11.1 Å². The molecule has 1 heterocycles. The van der Waals surface area contributed by atoms with Gasteiger partial charge in [0.1, 0.15) is 0 Å². The van der Waals surface area contributed by atoms with E-state index < -0.39 is 23.3 Å². The van der Waals surface area contributed by atoms with E-state index in [4.69, 9.17) is 4.74 Å². The van der Waals surface area contributed by atoms with Crippen molar-refractivity contribution in [1.82, 2.24) is 0 Å². The summed E-state index contributed by atoms with van der Waals surface area (Å²) >= 11 is 3.32. The minimum Gasteiger partial charge on any atom is -0.491 e. The second kappa shape index (κ2) is 11.4. The van der Waals surface area contributed by atoms with Gasteiger partial charge in [-0.3, -0.25) is 0 Å². The second-order valence-corrected chi connectivity index (χ2v) is 11.5. The first-order chi connectivity index (χ1) is 16.4. The van der Waals surface area contributed by atoms with Gasteiger partial charge in [0.2, 0.25) is 5.82 Å². The molecule has 1 nitrogen and oxygen atoms in total. The van der Waals surface area contributed by atoms with Gasteiger partial charge in [-0.1, -0.05) is 24.3 Å². The molecule has 0 amide bonds. The lowest BCUT2D eigenvalue weighted by Crippen LogP contribution is -2.27. The van der Waals surface area contributed by atoms with Crippen molar-refractivity contribution in [2.24, 2.45) is 17.8 Å². The van der Waals surface area contributed by atoms with Gasteiger partial charge in [-0.15, -0.1) is 23.5 Å². The van der Waals surface area contributed by atoms with Crippen molar-refractivity contribution in [3.8, 4) is 16.9 Å².